The average molecular weight is 354 g/mol. The van der Waals surface area contributed by atoms with Gasteiger partial charge in [-0.1, -0.05) is 11.6 Å². The molecule has 0 bridgehead atoms. The highest BCUT2D eigenvalue weighted by Crippen LogP contribution is 2.34. The van der Waals surface area contributed by atoms with Crippen LogP contribution >= 0.6 is 11.6 Å². The smallest absolute Gasteiger partial charge is 0.394 e. The summed E-state index contributed by atoms with van der Waals surface area (Å²) in [7, 11) is 0. The Hall–Kier alpha value is -3.12. The summed E-state index contributed by atoms with van der Waals surface area (Å²) in [6.07, 6.45) is -0.482. The molecule has 1 aromatic carbocycles. The quantitative estimate of drug-likeness (QED) is 0.425. The Labute approximate surface area is 141 Å². The number of amides is 1. The highest BCUT2D eigenvalue weighted by Gasteiger charge is 2.19. The molecule has 0 aliphatic rings. The third-order valence-electron chi connectivity index (χ3n) is 2.38. The lowest BCUT2D eigenvalue weighted by Crippen LogP contribution is -2.22. The van der Waals surface area contributed by atoms with Crippen molar-refractivity contribution in [2.45, 2.75) is 20.0 Å². The van der Waals surface area contributed by atoms with Crippen molar-refractivity contribution < 1.29 is 29.3 Å². The van der Waals surface area contributed by atoms with Crippen LogP contribution in [0.5, 0.6) is 0 Å². The molecule has 24 heavy (non-hydrogen) atoms. The molecule has 9 nitrogen and oxygen atoms in total. The van der Waals surface area contributed by atoms with Crippen LogP contribution in [0.2, 0.25) is 5.02 Å². The first kappa shape index (κ1) is 18.9. The van der Waals surface area contributed by atoms with E-state index in [0.717, 1.165) is 6.07 Å². The summed E-state index contributed by atoms with van der Waals surface area (Å²) in [5, 5.41) is 28.4. The molecule has 0 saturated carbocycles. The highest BCUT2D eigenvalue weighted by atomic mass is 35.5. The van der Waals surface area contributed by atoms with Crippen molar-refractivity contribution in [1.29, 1.82) is 5.26 Å². The lowest BCUT2D eigenvalue weighted by Gasteiger charge is -2.11. The Morgan fingerprint density at radius 2 is 1.92 bits per heavy atom. The summed E-state index contributed by atoms with van der Waals surface area (Å²) in [6, 6.07) is 4.07. The molecular formula is C14H12ClN3O6. The molecule has 1 amide bonds. The normalized spacial score (nSPS) is 10.9. The van der Waals surface area contributed by atoms with Crippen molar-refractivity contribution in [3.8, 4) is 6.07 Å². The molecule has 0 saturated heterocycles. The lowest BCUT2D eigenvalue weighted by atomic mass is 10.2. The van der Waals surface area contributed by atoms with Crippen LogP contribution in [-0.2, 0) is 19.1 Å². The summed E-state index contributed by atoms with van der Waals surface area (Å²) in [6.45, 7) is 3.18. The van der Waals surface area contributed by atoms with Crippen LogP contribution in [0.25, 0.3) is 0 Å². The SMILES string of the molecule is CC(C)OC(=Nc1cc(C#N)cc(NC(=O)C(=O)O)c1Cl)C(=O)O. The Bertz CT molecular complexity index is 767. The van der Waals surface area contributed by atoms with E-state index >= 15 is 0 Å². The van der Waals surface area contributed by atoms with Gasteiger partial charge in [0.25, 0.3) is 0 Å². The third kappa shape index (κ3) is 4.96. The Morgan fingerprint density at radius 3 is 2.38 bits per heavy atom. The van der Waals surface area contributed by atoms with E-state index in [1.54, 1.807) is 19.9 Å². The molecule has 1 rings (SSSR count). The first-order valence-corrected chi connectivity index (χ1v) is 6.80. The fraction of sp³-hybridized carbons (Fsp3) is 0.214. The van der Waals surface area contributed by atoms with Crippen LogP contribution in [0, 0.1) is 11.3 Å². The number of hydrogen-bond donors (Lipinski definition) is 3. The zero-order valence-electron chi connectivity index (χ0n) is 12.5. The number of nitrogens with one attached hydrogen (secondary N) is 1. The van der Waals surface area contributed by atoms with Gasteiger partial charge in [-0.3, -0.25) is 4.79 Å². The van der Waals surface area contributed by atoms with Gasteiger partial charge in [0, 0.05) is 0 Å². The average Bonchev–Trinajstić information content (AvgIpc) is 2.49. The first-order chi connectivity index (χ1) is 11.1. The van der Waals surface area contributed by atoms with Gasteiger partial charge in [-0.15, -0.1) is 0 Å². The van der Waals surface area contributed by atoms with Gasteiger partial charge in [0.1, 0.15) is 0 Å². The fourth-order valence-corrected chi connectivity index (χ4v) is 1.68. The highest BCUT2D eigenvalue weighted by molar-refractivity contribution is 6.40. The van der Waals surface area contributed by atoms with E-state index in [9.17, 15) is 14.4 Å². The molecule has 0 unspecified atom stereocenters. The summed E-state index contributed by atoms with van der Waals surface area (Å²) in [4.78, 5) is 36.7. The maximum atomic E-state index is 11.2. The summed E-state index contributed by atoms with van der Waals surface area (Å²) in [5.41, 5.74) is -0.390. The number of carboxylic acids is 2. The fourth-order valence-electron chi connectivity index (χ4n) is 1.48. The van der Waals surface area contributed by atoms with Gasteiger partial charge in [0.15, 0.2) is 0 Å². The zero-order chi connectivity index (χ0) is 18.4. The molecule has 126 valence electrons. The molecular weight excluding hydrogens is 342 g/mol. The Balaban J connectivity index is 3.42. The number of anilines is 1. The van der Waals surface area contributed by atoms with E-state index in [2.05, 4.69) is 4.99 Å². The topological polar surface area (TPSA) is 149 Å². The minimum Gasteiger partial charge on any atom is -0.474 e. The van der Waals surface area contributed by atoms with E-state index in [-0.39, 0.29) is 22.0 Å². The predicted octanol–water partition coefficient (Wildman–Crippen LogP) is 1.77. The molecule has 0 spiro atoms. The summed E-state index contributed by atoms with van der Waals surface area (Å²) in [5.74, 6) is -5.26. The third-order valence-corrected chi connectivity index (χ3v) is 2.77. The second-order valence-corrected chi connectivity index (χ2v) is 4.99. The maximum Gasteiger partial charge on any atom is 0.394 e. The van der Waals surface area contributed by atoms with Crippen LogP contribution in [0.3, 0.4) is 0 Å². The van der Waals surface area contributed by atoms with Gasteiger partial charge in [-0.2, -0.15) is 5.26 Å². The molecule has 3 N–H and O–H groups in total. The number of nitriles is 1. The minimum atomic E-state index is -1.76. The molecule has 10 heteroatoms. The van der Waals surface area contributed by atoms with E-state index in [1.165, 1.54) is 6.07 Å². The van der Waals surface area contributed by atoms with Gasteiger partial charge in [0.2, 0.25) is 0 Å². The van der Waals surface area contributed by atoms with Gasteiger partial charge < -0.3 is 20.3 Å². The van der Waals surface area contributed by atoms with Crippen LogP contribution < -0.4 is 5.32 Å². The van der Waals surface area contributed by atoms with Crippen molar-refractivity contribution in [1.82, 2.24) is 0 Å². The standard InChI is InChI=1S/C14H12ClN3O6/c1-6(2)24-12(14(22)23)18-9-4-7(5-16)3-8(10(9)15)17-11(19)13(20)21/h3-4,6H,1-2H3,(H,17,19)(H,20,21)(H,22,23). The zero-order valence-corrected chi connectivity index (χ0v) is 13.3. The first-order valence-electron chi connectivity index (χ1n) is 6.42. The number of rotatable bonds is 3. The monoisotopic (exact) mass is 353 g/mol. The van der Waals surface area contributed by atoms with E-state index in [0.29, 0.717) is 0 Å². The second-order valence-electron chi connectivity index (χ2n) is 4.62. The number of hydrogen-bond acceptors (Lipinski definition) is 6. The molecule has 0 atom stereocenters. The molecule has 0 heterocycles. The summed E-state index contributed by atoms with van der Waals surface area (Å²) >= 11 is 6.00. The molecule has 0 radical (unpaired) electrons. The molecule has 0 aromatic heterocycles. The number of benzene rings is 1. The molecule has 0 fully saturated rings. The number of ether oxygens (including phenoxy) is 1. The van der Waals surface area contributed by atoms with Gasteiger partial charge in [-0.05, 0) is 26.0 Å². The van der Waals surface area contributed by atoms with Crippen molar-refractivity contribution in [2.24, 2.45) is 4.99 Å². The lowest BCUT2D eigenvalue weighted by molar-refractivity contribution is -0.147. The van der Waals surface area contributed by atoms with Crippen molar-refractivity contribution in [2.75, 3.05) is 5.32 Å². The summed E-state index contributed by atoms with van der Waals surface area (Å²) < 4.78 is 5.03. The number of aliphatic imine (C=N–C) groups is 1. The number of aliphatic carboxylic acids is 2. The predicted molar refractivity (Wildman–Crippen MR) is 83.4 cm³/mol. The van der Waals surface area contributed by atoms with Crippen LogP contribution in [-0.4, -0.2) is 40.1 Å². The number of carboxylic acid groups (broad SMARTS) is 2. The largest absolute Gasteiger partial charge is 0.474 e. The van der Waals surface area contributed by atoms with Gasteiger partial charge in [0.05, 0.1) is 34.1 Å². The maximum absolute atomic E-state index is 11.2. The van der Waals surface area contributed by atoms with Crippen LogP contribution in [0.4, 0.5) is 11.4 Å². The minimum absolute atomic E-state index is 0.0203. The van der Waals surface area contributed by atoms with Gasteiger partial charge >= 0.3 is 23.7 Å². The van der Waals surface area contributed by atoms with E-state index < -0.39 is 29.8 Å². The van der Waals surface area contributed by atoms with Crippen molar-refractivity contribution in [3.05, 3.63) is 22.7 Å². The molecule has 1 aromatic rings. The number of halogens is 1. The Kier molecular flexibility index (Phi) is 6.26. The van der Waals surface area contributed by atoms with Crippen LogP contribution in [0.15, 0.2) is 17.1 Å². The molecule has 0 aliphatic carbocycles. The Morgan fingerprint density at radius 1 is 1.29 bits per heavy atom. The number of nitrogens with zero attached hydrogens (tertiary/aromatic N) is 2. The van der Waals surface area contributed by atoms with Crippen LogP contribution in [0.1, 0.15) is 19.4 Å². The van der Waals surface area contributed by atoms with E-state index in [4.69, 9.17) is 31.8 Å². The number of carbonyl (C=O) groups excluding carboxylic acids is 1. The molecule has 0 aliphatic heterocycles. The second kappa shape index (κ2) is 7.94. The van der Waals surface area contributed by atoms with Crippen molar-refractivity contribution >= 4 is 46.7 Å². The van der Waals surface area contributed by atoms with Crippen molar-refractivity contribution in [3.63, 3.8) is 0 Å². The van der Waals surface area contributed by atoms with Gasteiger partial charge in [-0.25, -0.2) is 14.6 Å². The van der Waals surface area contributed by atoms with E-state index in [1.807, 2.05) is 5.32 Å². The number of carbonyl (C=O) groups is 3.